The van der Waals surface area contributed by atoms with Gasteiger partial charge in [0.1, 0.15) is 17.6 Å². The fraction of sp³-hybridized carbons (Fsp3) is 0.632. The van der Waals surface area contributed by atoms with E-state index < -0.39 is 5.91 Å². The van der Waals surface area contributed by atoms with Gasteiger partial charge in [-0.25, -0.2) is 0 Å². The van der Waals surface area contributed by atoms with Gasteiger partial charge in [-0.15, -0.1) is 0 Å². The van der Waals surface area contributed by atoms with Gasteiger partial charge in [0.25, 0.3) is 0 Å². The molecule has 2 atom stereocenters. The summed E-state index contributed by atoms with van der Waals surface area (Å²) in [6, 6.07) is 7.11. The molecule has 0 saturated carbocycles. The Kier molecular flexibility index (Phi) is 7.06. The summed E-state index contributed by atoms with van der Waals surface area (Å²) in [6.45, 7) is 5.80. The number of nitrogens with two attached hydrogens (primary N) is 1. The summed E-state index contributed by atoms with van der Waals surface area (Å²) in [6.07, 6.45) is 6.39. The first kappa shape index (κ1) is 18.7. The van der Waals surface area contributed by atoms with Crippen LogP contribution >= 0.6 is 0 Å². The Morgan fingerprint density at radius 1 is 1.29 bits per heavy atom. The zero-order valence-electron chi connectivity index (χ0n) is 14.8. The number of piperidine rings is 1. The lowest BCUT2D eigenvalue weighted by molar-refractivity contribution is -0.0679. The standard InChI is InChI=1S/C19H30N2O3/c1-3-5-6-11-19(12-13-21-17(14-19)23-4-2)24-16-9-7-15(8-10-16)18(20)22/h7-10,17,21H,3-6,11-14H2,1-2H3,(H2,20,22). The van der Waals surface area contributed by atoms with Gasteiger partial charge in [0.2, 0.25) is 5.91 Å². The third kappa shape index (κ3) is 5.21. The molecule has 0 radical (unpaired) electrons. The third-order valence-electron chi connectivity index (χ3n) is 4.59. The highest BCUT2D eigenvalue weighted by molar-refractivity contribution is 5.92. The van der Waals surface area contributed by atoms with E-state index in [1.807, 2.05) is 19.1 Å². The number of carbonyl (C=O) groups is 1. The largest absolute Gasteiger partial charge is 0.487 e. The Morgan fingerprint density at radius 2 is 2.04 bits per heavy atom. The Bertz CT molecular complexity index is 516. The summed E-state index contributed by atoms with van der Waals surface area (Å²) in [5.74, 6) is 0.367. The van der Waals surface area contributed by atoms with Crippen LogP contribution in [0.4, 0.5) is 0 Å². The molecule has 1 aromatic rings. The summed E-state index contributed by atoms with van der Waals surface area (Å²) < 4.78 is 12.2. The van der Waals surface area contributed by atoms with Crippen molar-refractivity contribution in [2.75, 3.05) is 13.2 Å². The SMILES string of the molecule is CCCCCC1(Oc2ccc(C(N)=O)cc2)CCNC(OCC)C1. The van der Waals surface area contributed by atoms with Crippen molar-refractivity contribution in [3.05, 3.63) is 29.8 Å². The van der Waals surface area contributed by atoms with E-state index in [1.54, 1.807) is 12.1 Å². The molecule has 0 spiro atoms. The Balaban J connectivity index is 2.11. The molecular weight excluding hydrogens is 304 g/mol. The number of ether oxygens (including phenoxy) is 2. The second-order valence-corrected chi connectivity index (χ2v) is 6.48. The van der Waals surface area contributed by atoms with Crippen LogP contribution in [0.5, 0.6) is 5.75 Å². The topological polar surface area (TPSA) is 73.6 Å². The zero-order valence-corrected chi connectivity index (χ0v) is 14.8. The predicted molar refractivity (Wildman–Crippen MR) is 95.1 cm³/mol. The van der Waals surface area contributed by atoms with Crippen molar-refractivity contribution in [3.8, 4) is 5.75 Å². The summed E-state index contributed by atoms with van der Waals surface area (Å²) in [5.41, 5.74) is 5.59. The smallest absolute Gasteiger partial charge is 0.248 e. The van der Waals surface area contributed by atoms with Crippen LogP contribution in [0.15, 0.2) is 24.3 Å². The maximum Gasteiger partial charge on any atom is 0.248 e. The van der Waals surface area contributed by atoms with E-state index in [0.29, 0.717) is 12.2 Å². The second kappa shape index (κ2) is 9.04. The lowest BCUT2D eigenvalue weighted by Gasteiger charge is -2.41. The molecule has 0 aliphatic carbocycles. The predicted octanol–water partition coefficient (Wildman–Crippen LogP) is 3.23. The number of carbonyl (C=O) groups excluding carboxylic acids is 1. The first-order valence-corrected chi connectivity index (χ1v) is 9.02. The number of rotatable bonds is 9. The monoisotopic (exact) mass is 334 g/mol. The first-order valence-electron chi connectivity index (χ1n) is 9.02. The van der Waals surface area contributed by atoms with Crippen LogP contribution < -0.4 is 15.8 Å². The number of benzene rings is 1. The molecular formula is C19H30N2O3. The molecule has 3 N–H and O–H groups in total. The Morgan fingerprint density at radius 3 is 2.67 bits per heavy atom. The van der Waals surface area contributed by atoms with Crippen molar-refractivity contribution in [1.29, 1.82) is 0 Å². The highest BCUT2D eigenvalue weighted by Gasteiger charge is 2.38. The molecule has 1 fully saturated rings. The van der Waals surface area contributed by atoms with E-state index >= 15 is 0 Å². The minimum atomic E-state index is -0.419. The number of hydrogen-bond donors (Lipinski definition) is 2. The maximum atomic E-state index is 11.2. The van der Waals surface area contributed by atoms with Gasteiger partial charge in [-0.05, 0) is 50.5 Å². The quantitative estimate of drug-likeness (QED) is 0.680. The fourth-order valence-corrected chi connectivity index (χ4v) is 3.30. The van der Waals surface area contributed by atoms with Crippen LogP contribution in [0.3, 0.4) is 0 Å². The third-order valence-corrected chi connectivity index (χ3v) is 4.59. The van der Waals surface area contributed by atoms with Crippen LogP contribution in [-0.2, 0) is 4.74 Å². The minimum absolute atomic E-state index is 0.0373. The van der Waals surface area contributed by atoms with E-state index in [9.17, 15) is 4.79 Å². The molecule has 1 aliphatic heterocycles. The molecule has 1 aliphatic rings. The number of unbranched alkanes of at least 4 members (excludes halogenated alkanes) is 2. The molecule has 134 valence electrons. The molecule has 5 nitrogen and oxygen atoms in total. The normalized spacial score (nSPS) is 23.8. The van der Waals surface area contributed by atoms with Gasteiger partial charge in [0.15, 0.2) is 0 Å². The maximum absolute atomic E-state index is 11.2. The molecule has 1 saturated heterocycles. The molecule has 1 aromatic carbocycles. The number of hydrogen-bond acceptors (Lipinski definition) is 4. The summed E-state index contributed by atoms with van der Waals surface area (Å²) >= 11 is 0. The van der Waals surface area contributed by atoms with E-state index in [-0.39, 0.29) is 11.8 Å². The van der Waals surface area contributed by atoms with Gasteiger partial charge in [-0.3, -0.25) is 10.1 Å². The van der Waals surface area contributed by atoms with Crippen molar-refractivity contribution in [2.24, 2.45) is 5.73 Å². The Labute approximate surface area is 144 Å². The average Bonchev–Trinajstić information content (AvgIpc) is 2.56. The van der Waals surface area contributed by atoms with Gasteiger partial charge >= 0.3 is 0 Å². The van der Waals surface area contributed by atoms with Crippen LogP contribution in [0, 0.1) is 0 Å². The van der Waals surface area contributed by atoms with E-state index in [2.05, 4.69) is 12.2 Å². The molecule has 24 heavy (non-hydrogen) atoms. The molecule has 0 bridgehead atoms. The molecule has 5 heteroatoms. The van der Waals surface area contributed by atoms with Crippen molar-refractivity contribution in [3.63, 3.8) is 0 Å². The van der Waals surface area contributed by atoms with E-state index in [4.69, 9.17) is 15.2 Å². The lowest BCUT2D eigenvalue weighted by Crippen LogP contribution is -2.52. The fourth-order valence-electron chi connectivity index (χ4n) is 3.30. The summed E-state index contributed by atoms with van der Waals surface area (Å²) in [5, 5.41) is 3.41. The zero-order chi connectivity index (χ0) is 17.4. The lowest BCUT2D eigenvalue weighted by atomic mass is 9.85. The van der Waals surface area contributed by atoms with Crippen molar-refractivity contribution >= 4 is 5.91 Å². The van der Waals surface area contributed by atoms with Crippen LogP contribution in [0.25, 0.3) is 0 Å². The first-order chi connectivity index (χ1) is 11.6. The molecule has 1 amide bonds. The van der Waals surface area contributed by atoms with Gasteiger partial charge in [-0.2, -0.15) is 0 Å². The summed E-state index contributed by atoms with van der Waals surface area (Å²) in [7, 11) is 0. The Hall–Kier alpha value is -1.59. The average molecular weight is 334 g/mol. The van der Waals surface area contributed by atoms with Crippen LogP contribution in [0.1, 0.15) is 62.7 Å². The van der Waals surface area contributed by atoms with Gasteiger partial charge in [0, 0.05) is 25.1 Å². The van der Waals surface area contributed by atoms with Crippen molar-refractivity contribution < 1.29 is 14.3 Å². The number of primary amides is 1. The second-order valence-electron chi connectivity index (χ2n) is 6.48. The highest BCUT2D eigenvalue weighted by atomic mass is 16.5. The van der Waals surface area contributed by atoms with Gasteiger partial charge in [0.05, 0.1) is 0 Å². The van der Waals surface area contributed by atoms with E-state index in [1.165, 1.54) is 12.8 Å². The van der Waals surface area contributed by atoms with Crippen molar-refractivity contribution in [2.45, 2.75) is 64.2 Å². The van der Waals surface area contributed by atoms with Gasteiger partial charge < -0.3 is 15.2 Å². The summed E-state index contributed by atoms with van der Waals surface area (Å²) in [4.78, 5) is 11.2. The minimum Gasteiger partial charge on any atom is -0.487 e. The van der Waals surface area contributed by atoms with Crippen LogP contribution in [-0.4, -0.2) is 30.9 Å². The molecule has 2 rings (SSSR count). The van der Waals surface area contributed by atoms with Gasteiger partial charge in [-0.1, -0.05) is 19.8 Å². The van der Waals surface area contributed by atoms with Crippen molar-refractivity contribution in [1.82, 2.24) is 5.32 Å². The van der Waals surface area contributed by atoms with E-state index in [0.717, 1.165) is 38.0 Å². The molecule has 0 aromatic heterocycles. The number of nitrogens with one attached hydrogen (secondary N) is 1. The highest BCUT2D eigenvalue weighted by Crippen LogP contribution is 2.33. The molecule has 2 unspecified atom stereocenters. The van der Waals surface area contributed by atoms with Crippen LogP contribution in [0.2, 0.25) is 0 Å². The molecule has 1 heterocycles. The number of amides is 1.